The second-order valence-corrected chi connectivity index (χ2v) is 7.66. The van der Waals surface area contributed by atoms with Crippen molar-refractivity contribution in [3.05, 3.63) is 71.8 Å². The fourth-order valence-corrected chi connectivity index (χ4v) is 3.39. The van der Waals surface area contributed by atoms with Crippen molar-refractivity contribution in [2.45, 2.75) is 71.1 Å². The number of unbranched alkanes of at least 4 members (excludes halogenated alkanes) is 8. The lowest BCUT2D eigenvalue weighted by atomic mass is 10.00. The molecule has 0 fully saturated rings. The van der Waals surface area contributed by atoms with Gasteiger partial charge < -0.3 is 10.0 Å². The highest BCUT2D eigenvalue weighted by Gasteiger charge is 2.17. The van der Waals surface area contributed by atoms with Gasteiger partial charge in [0.25, 0.3) is 0 Å². The van der Waals surface area contributed by atoms with E-state index in [0.717, 1.165) is 19.3 Å². The Kier molecular flexibility index (Phi) is 11.7. The summed E-state index contributed by atoms with van der Waals surface area (Å²) in [4.78, 5) is 17.4. The smallest absolute Gasteiger partial charge is 0.335 e. The SMILES string of the molecule is CCCCCCCCCCCC(=O)ON=C(C(=NO)c1ccccc1)c1ccccc1. The van der Waals surface area contributed by atoms with E-state index in [-0.39, 0.29) is 11.7 Å². The molecule has 5 nitrogen and oxygen atoms in total. The lowest BCUT2D eigenvalue weighted by molar-refractivity contribution is -0.143. The summed E-state index contributed by atoms with van der Waals surface area (Å²) in [7, 11) is 0. The number of rotatable bonds is 14. The maximum atomic E-state index is 12.2. The molecular formula is C26H34N2O3. The molecular weight excluding hydrogens is 388 g/mol. The van der Waals surface area contributed by atoms with Crippen LogP contribution < -0.4 is 0 Å². The number of oxime groups is 2. The first-order chi connectivity index (χ1) is 15.3. The van der Waals surface area contributed by atoms with Gasteiger partial charge in [0.1, 0.15) is 11.4 Å². The third-order valence-corrected chi connectivity index (χ3v) is 5.14. The van der Waals surface area contributed by atoms with Crippen molar-refractivity contribution in [1.82, 2.24) is 0 Å². The predicted molar refractivity (Wildman–Crippen MR) is 126 cm³/mol. The molecule has 0 heterocycles. The van der Waals surface area contributed by atoms with E-state index in [1.807, 2.05) is 60.7 Å². The monoisotopic (exact) mass is 422 g/mol. The first kappa shape index (κ1) is 24.3. The summed E-state index contributed by atoms with van der Waals surface area (Å²) < 4.78 is 0. The Morgan fingerprint density at radius 2 is 1.23 bits per heavy atom. The summed E-state index contributed by atoms with van der Waals surface area (Å²) in [6, 6.07) is 18.5. The minimum atomic E-state index is -0.373. The van der Waals surface area contributed by atoms with Gasteiger partial charge in [0.2, 0.25) is 0 Å². The molecule has 0 saturated carbocycles. The van der Waals surface area contributed by atoms with Crippen LogP contribution in [0.5, 0.6) is 0 Å². The molecule has 0 atom stereocenters. The van der Waals surface area contributed by atoms with Gasteiger partial charge in [-0.25, -0.2) is 4.79 Å². The summed E-state index contributed by atoms with van der Waals surface area (Å²) in [6.45, 7) is 2.23. The molecule has 0 aliphatic heterocycles. The van der Waals surface area contributed by atoms with E-state index in [1.54, 1.807) is 0 Å². The van der Waals surface area contributed by atoms with Crippen molar-refractivity contribution in [3.8, 4) is 0 Å². The molecule has 0 aliphatic rings. The van der Waals surface area contributed by atoms with Gasteiger partial charge in [-0.2, -0.15) is 0 Å². The molecule has 2 rings (SSSR count). The van der Waals surface area contributed by atoms with Gasteiger partial charge >= 0.3 is 5.97 Å². The van der Waals surface area contributed by atoms with Gasteiger partial charge in [-0.05, 0) is 6.42 Å². The topological polar surface area (TPSA) is 71.2 Å². The van der Waals surface area contributed by atoms with Gasteiger partial charge in [0, 0.05) is 17.5 Å². The Balaban J connectivity index is 1.89. The van der Waals surface area contributed by atoms with E-state index in [2.05, 4.69) is 17.2 Å². The molecule has 0 saturated heterocycles. The van der Waals surface area contributed by atoms with Crippen LogP contribution in [0, 0.1) is 0 Å². The normalized spacial score (nSPS) is 12.0. The molecule has 0 amide bonds. The van der Waals surface area contributed by atoms with Crippen LogP contribution in [-0.4, -0.2) is 22.6 Å². The van der Waals surface area contributed by atoms with Gasteiger partial charge in [-0.3, -0.25) is 0 Å². The Labute approximate surface area is 185 Å². The molecule has 0 radical (unpaired) electrons. The standard InChI is InChI=1S/C26H34N2O3/c1-2-3-4-5-6-7-8-9-16-21-24(29)31-28-26(23-19-14-11-15-20-23)25(27-30)22-17-12-10-13-18-22/h10-15,17-20,30H,2-9,16,21H2,1H3. The lowest BCUT2D eigenvalue weighted by Gasteiger charge is -2.09. The molecule has 2 aromatic carbocycles. The average molecular weight is 423 g/mol. The highest BCUT2D eigenvalue weighted by atomic mass is 16.7. The summed E-state index contributed by atoms with van der Waals surface area (Å²) >= 11 is 0. The quantitative estimate of drug-likeness (QED) is 0.121. The largest absolute Gasteiger partial charge is 0.410 e. The van der Waals surface area contributed by atoms with Crippen LogP contribution in [-0.2, 0) is 9.63 Å². The molecule has 0 aliphatic carbocycles. The van der Waals surface area contributed by atoms with Gasteiger partial charge in [0.05, 0.1) is 0 Å². The van der Waals surface area contributed by atoms with Crippen molar-refractivity contribution in [1.29, 1.82) is 0 Å². The van der Waals surface area contributed by atoms with Crippen LogP contribution in [0.3, 0.4) is 0 Å². The van der Waals surface area contributed by atoms with Gasteiger partial charge in [-0.1, -0.05) is 129 Å². The second-order valence-electron chi connectivity index (χ2n) is 7.66. The highest BCUT2D eigenvalue weighted by Crippen LogP contribution is 2.13. The minimum absolute atomic E-state index is 0.252. The van der Waals surface area contributed by atoms with E-state index in [1.165, 1.54) is 38.5 Å². The van der Waals surface area contributed by atoms with E-state index in [9.17, 15) is 10.0 Å². The summed E-state index contributed by atoms with van der Waals surface area (Å²) in [5.74, 6) is -0.373. The number of carbonyl (C=O) groups is 1. The van der Waals surface area contributed by atoms with E-state index >= 15 is 0 Å². The number of nitrogens with zero attached hydrogens (tertiary/aromatic N) is 2. The molecule has 0 spiro atoms. The van der Waals surface area contributed by atoms with Crippen molar-refractivity contribution in [2.75, 3.05) is 0 Å². The molecule has 1 N–H and O–H groups in total. The summed E-state index contributed by atoms with van der Waals surface area (Å²) in [5, 5.41) is 17.1. The molecule has 0 unspecified atom stereocenters. The zero-order valence-electron chi connectivity index (χ0n) is 18.5. The van der Waals surface area contributed by atoms with Crippen LogP contribution in [0.2, 0.25) is 0 Å². The lowest BCUT2D eigenvalue weighted by Crippen LogP contribution is -2.18. The highest BCUT2D eigenvalue weighted by molar-refractivity contribution is 6.53. The number of benzene rings is 2. The number of carbonyl (C=O) groups excluding carboxylic acids is 1. The molecule has 2 aromatic rings. The Bertz CT molecular complexity index is 817. The van der Waals surface area contributed by atoms with Crippen molar-refractivity contribution < 1.29 is 14.8 Å². The van der Waals surface area contributed by atoms with Crippen LogP contribution in [0.25, 0.3) is 0 Å². The van der Waals surface area contributed by atoms with Crippen LogP contribution in [0.4, 0.5) is 0 Å². The average Bonchev–Trinajstić information content (AvgIpc) is 2.81. The number of hydrogen-bond donors (Lipinski definition) is 1. The summed E-state index contributed by atoms with van der Waals surface area (Å²) in [6.07, 6.45) is 11.0. The van der Waals surface area contributed by atoms with E-state index in [4.69, 9.17) is 4.84 Å². The summed E-state index contributed by atoms with van der Waals surface area (Å²) in [5.41, 5.74) is 1.95. The zero-order valence-corrected chi connectivity index (χ0v) is 18.5. The third-order valence-electron chi connectivity index (χ3n) is 5.14. The van der Waals surface area contributed by atoms with Gasteiger partial charge in [0.15, 0.2) is 0 Å². The maximum absolute atomic E-state index is 12.2. The minimum Gasteiger partial charge on any atom is -0.410 e. The Morgan fingerprint density at radius 3 is 1.74 bits per heavy atom. The van der Waals surface area contributed by atoms with Crippen LogP contribution in [0.15, 0.2) is 71.0 Å². The zero-order chi connectivity index (χ0) is 22.2. The molecule has 0 bridgehead atoms. The fraction of sp³-hybridized carbons (Fsp3) is 0.423. The molecule has 31 heavy (non-hydrogen) atoms. The molecule has 166 valence electrons. The van der Waals surface area contributed by atoms with Crippen molar-refractivity contribution in [2.24, 2.45) is 10.3 Å². The van der Waals surface area contributed by atoms with Crippen LogP contribution in [0.1, 0.15) is 82.3 Å². The maximum Gasteiger partial charge on any atom is 0.335 e. The van der Waals surface area contributed by atoms with Crippen LogP contribution >= 0.6 is 0 Å². The first-order valence-electron chi connectivity index (χ1n) is 11.4. The molecule has 0 aromatic heterocycles. The molecule has 5 heteroatoms. The fourth-order valence-electron chi connectivity index (χ4n) is 3.39. The van der Waals surface area contributed by atoms with Crippen molar-refractivity contribution >= 4 is 17.4 Å². The van der Waals surface area contributed by atoms with Crippen molar-refractivity contribution in [3.63, 3.8) is 0 Å². The first-order valence-corrected chi connectivity index (χ1v) is 11.4. The third kappa shape index (κ3) is 9.16. The Morgan fingerprint density at radius 1 is 0.742 bits per heavy atom. The Hall–Kier alpha value is -2.95. The van der Waals surface area contributed by atoms with Gasteiger partial charge in [-0.15, -0.1) is 0 Å². The predicted octanol–water partition coefficient (Wildman–Crippen LogP) is 6.73. The van der Waals surface area contributed by atoms with E-state index < -0.39 is 0 Å². The van der Waals surface area contributed by atoms with E-state index in [0.29, 0.717) is 23.3 Å². The second kappa shape index (κ2) is 14.9. The number of hydrogen-bond acceptors (Lipinski definition) is 5.